The van der Waals surface area contributed by atoms with Crippen LogP contribution in [0.25, 0.3) is 0 Å². The molecule has 0 aliphatic heterocycles. The minimum Gasteiger partial charge on any atom is -0.496 e. The van der Waals surface area contributed by atoms with Gasteiger partial charge in [0.1, 0.15) is 17.4 Å². The SMILES string of the molecule is CCCNC(c1ccc(F)cc1F)c1ccccc1OC. The van der Waals surface area contributed by atoms with Crippen molar-refractivity contribution < 1.29 is 13.5 Å². The molecule has 1 N–H and O–H groups in total. The zero-order chi connectivity index (χ0) is 15.2. The zero-order valence-corrected chi connectivity index (χ0v) is 12.2. The molecular formula is C17H19F2NO. The van der Waals surface area contributed by atoms with Gasteiger partial charge in [0.25, 0.3) is 0 Å². The molecule has 1 unspecified atom stereocenters. The molecular weight excluding hydrogens is 272 g/mol. The highest BCUT2D eigenvalue weighted by atomic mass is 19.1. The normalized spacial score (nSPS) is 12.2. The van der Waals surface area contributed by atoms with E-state index in [2.05, 4.69) is 5.32 Å². The molecule has 0 saturated carbocycles. The Balaban J connectivity index is 2.47. The number of ether oxygens (including phenoxy) is 1. The summed E-state index contributed by atoms with van der Waals surface area (Å²) in [5.41, 5.74) is 1.24. The highest BCUT2D eigenvalue weighted by molar-refractivity contribution is 5.42. The molecule has 0 aliphatic carbocycles. The van der Waals surface area contributed by atoms with E-state index in [1.807, 2.05) is 31.2 Å². The Morgan fingerprint density at radius 1 is 1.10 bits per heavy atom. The third-order valence-corrected chi connectivity index (χ3v) is 3.32. The number of para-hydroxylation sites is 1. The van der Waals surface area contributed by atoms with E-state index in [9.17, 15) is 8.78 Å². The molecule has 0 aliphatic rings. The minimum absolute atomic E-state index is 0.373. The van der Waals surface area contributed by atoms with Crippen LogP contribution in [-0.4, -0.2) is 13.7 Å². The van der Waals surface area contributed by atoms with Crippen molar-refractivity contribution in [2.24, 2.45) is 0 Å². The lowest BCUT2D eigenvalue weighted by molar-refractivity contribution is 0.402. The van der Waals surface area contributed by atoms with Crippen molar-refractivity contribution >= 4 is 0 Å². The molecule has 2 nitrogen and oxygen atoms in total. The predicted molar refractivity (Wildman–Crippen MR) is 79.5 cm³/mol. The van der Waals surface area contributed by atoms with Crippen molar-refractivity contribution in [3.05, 3.63) is 65.2 Å². The second-order valence-electron chi connectivity index (χ2n) is 4.79. The number of halogens is 2. The van der Waals surface area contributed by atoms with Crippen LogP contribution >= 0.6 is 0 Å². The van der Waals surface area contributed by atoms with Crippen LogP contribution in [0.5, 0.6) is 5.75 Å². The molecule has 21 heavy (non-hydrogen) atoms. The Bertz CT molecular complexity index is 601. The number of hydrogen-bond acceptors (Lipinski definition) is 2. The maximum Gasteiger partial charge on any atom is 0.131 e. The smallest absolute Gasteiger partial charge is 0.131 e. The molecule has 2 rings (SSSR count). The summed E-state index contributed by atoms with van der Waals surface area (Å²) in [6.45, 7) is 2.76. The van der Waals surface area contributed by atoms with Gasteiger partial charge in [-0.3, -0.25) is 0 Å². The maximum absolute atomic E-state index is 14.1. The molecule has 0 bridgehead atoms. The first-order chi connectivity index (χ1) is 10.2. The third-order valence-electron chi connectivity index (χ3n) is 3.32. The average molecular weight is 291 g/mol. The van der Waals surface area contributed by atoms with Gasteiger partial charge in [0.2, 0.25) is 0 Å². The molecule has 0 fully saturated rings. The molecule has 2 aromatic rings. The molecule has 2 aromatic carbocycles. The molecule has 0 amide bonds. The Kier molecular flexibility index (Phi) is 5.28. The second-order valence-corrected chi connectivity index (χ2v) is 4.79. The molecule has 0 heterocycles. The summed E-state index contributed by atoms with van der Waals surface area (Å²) in [4.78, 5) is 0. The van der Waals surface area contributed by atoms with Crippen LogP contribution in [0.2, 0.25) is 0 Å². The Morgan fingerprint density at radius 3 is 2.52 bits per heavy atom. The molecule has 4 heteroatoms. The minimum atomic E-state index is -0.578. The van der Waals surface area contributed by atoms with E-state index >= 15 is 0 Å². The highest BCUT2D eigenvalue weighted by Crippen LogP contribution is 2.31. The molecule has 112 valence electrons. The average Bonchev–Trinajstić information content (AvgIpc) is 2.49. The highest BCUT2D eigenvalue weighted by Gasteiger charge is 2.20. The van der Waals surface area contributed by atoms with Gasteiger partial charge in [0.05, 0.1) is 13.2 Å². The van der Waals surface area contributed by atoms with E-state index in [0.29, 0.717) is 11.3 Å². The molecule has 1 atom stereocenters. The van der Waals surface area contributed by atoms with E-state index < -0.39 is 11.6 Å². The number of hydrogen-bond donors (Lipinski definition) is 1. The maximum atomic E-state index is 14.1. The topological polar surface area (TPSA) is 21.3 Å². The summed E-state index contributed by atoms with van der Waals surface area (Å²) < 4.78 is 32.6. The first-order valence-electron chi connectivity index (χ1n) is 6.98. The first kappa shape index (κ1) is 15.4. The monoisotopic (exact) mass is 291 g/mol. The largest absolute Gasteiger partial charge is 0.496 e. The van der Waals surface area contributed by atoms with E-state index in [4.69, 9.17) is 4.74 Å². The summed E-state index contributed by atoms with van der Waals surface area (Å²) in [6.07, 6.45) is 0.911. The van der Waals surface area contributed by atoms with E-state index in [-0.39, 0.29) is 6.04 Å². The van der Waals surface area contributed by atoms with Gasteiger partial charge < -0.3 is 10.1 Å². The Hall–Kier alpha value is -1.94. The van der Waals surface area contributed by atoms with Crippen LogP contribution in [0.3, 0.4) is 0 Å². The second kappa shape index (κ2) is 7.18. The van der Waals surface area contributed by atoms with Gasteiger partial charge in [-0.25, -0.2) is 8.78 Å². The predicted octanol–water partition coefficient (Wildman–Crippen LogP) is 4.06. The number of rotatable bonds is 6. The fourth-order valence-electron chi connectivity index (χ4n) is 2.32. The van der Waals surface area contributed by atoms with Crippen molar-refractivity contribution in [3.63, 3.8) is 0 Å². The first-order valence-corrected chi connectivity index (χ1v) is 6.98. The number of benzene rings is 2. The van der Waals surface area contributed by atoms with Gasteiger partial charge in [-0.05, 0) is 25.1 Å². The standard InChI is InChI=1S/C17H19F2NO/c1-3-10-20-17(13-9-8-12(18)11-15(13)19)14-6-4-5-7-16(14)21-2/h4-9,11,17,20H,3,10H2,1-2H3. The molecule has 0 saturated heterocycles. The lowest BCUT2D eigenvalue weighted by Crippen LogP contribution is -2.24. The van der Waals surface area contributed by atoms with Gasteiger partial charge in [-0.2, -0.15) is 0 Å². The van der Waals surface area contributed by atoms with Crippen molar-refractivity contribution in [1.29, 1.82) is 0 Å². The van der Waals surface area contributed by atoms with Crippen molar-refractivity contribution in [1.82, 2.24) is 5.32 Å². The van der Waals surface area contributed by atoms with Crippen LogP contribution < -0.4 is 10.1 Å². The summed E-state index contributed by atoms with van der Waals surface area (Å²) >= 11 is 0. The van der Waals surface area contributed by atoms with Gasteiger partial charge in [0, 0.05) is 17.2 Å². The summed E-state index contributed by atoms with van der Waals surface area (Å²) in [5.74, 6) is -0.463. The van der Waals surface area contributed by atoms with Crippen LogP contribution in [0, 0.1) is 11.6 Å². The van der Waals surface area contributed by atoms with E-state index in [1.54, 1.807) is 7.11 Å². The van der Waals surface area contributed by atoms with Crippen molar-refractivity contribution in [2.75, 3.05) is 13.7 Å². The van der Waals surface area contributed by atoms with E-state index in [1.165, 1.54) is 12.1 Å². The zero-order valence-electron chi connectivity index (χ0n) is 12.2. The number of methoxy groups -OCH3 is 1. The van der Waals surface area contributed by atoms with Crippen molar-refractivity contribution in [3.8, 4) is 5.75 Å². The summed E-state index contributed by atoms with van der Waals surface area (Å²) in [7, 11) is 1.58. The van der Waals surface area contributed by atoms with Crippen LogP contribution in [0.1, 0.15) is 30.5 Å². The fourth-order valence-corrected chi connectivity index (χ4v) is 2.32. The van der Waals surface area contributed by atoms with E-state index in [0.717, 1.165) is 24.6 Å². The quantitative estimate of drug-likeness (QED) is 0.866. The van der Waals surface area contributed by atoms with Gasteiger partial charge in [0.15, 0.2) is 0 Å². The summed E-state index contributed by atoms with van der Waals surface area (Å²) in [5, 5.41) is 3.29. The van der Waals surface area contributed by atoms with Crippen LogP contribution in [0.15, 0.2) is 42.5 Å². The van der Waals surface area contributed by atoms with Gasteiger partial charge in [-0.15, -0.1) is 0 Å². The fraction of sp³-hybridized carbons (Fsp3) is 0.294. The van der Waals surface area contributed by atoms with Gasteiger partial charge in [-0.1, -0.05) is 31.2 Å². The molecule has 0 radical (unpaired) electrons. The third kappa shape index (κ3) is 3.58. The lowest BCUT2D eigenvalue weighted by atomic mass is 9.97. The van der Waals surface area contributed by atoms with Crippen molar-refractivity contribution in [2.45, 2.75) is 19.4 Å². The lowest BCUT2D eigenvalue weighted by Gasteiger charge is -2.22. The Morgan fingerprint density at radius 2 is 1.86 bits per heavy atom. The Labute approximate surface area is 123 Å². The molecule has 0 aromatic heterocycles. The summed E-state index contributed by atoms with van der Waals surface area (Å²) in [6, 6.07) is 10.7. The molecule has 0 spiro atoms. The van der Waals surface area contributed by atoms with Crippen LogP contribution in [0.4, 0.5) is 8.78 Å². The number of nitrogens with one attached hydrogen (secondary N) is 1. The van der Waals surface area contributed by atoms with Gasteiger partial charge >= 0.3 is 0 Å². The van der Waals surface area contributed by atoms with Crippen LogP contribution in [-0.2, 0) is 0 Å².